The molecule has 2 fully saturated rings. The Bertz CT molecular complexity index is 546. The number of piperidine rings is 1. The molecule has 1 amide bonds. The van der Waals surface area contributed by atoms with E-state index in [9.17, 15) is 9.90 Å². The van der Waals surface area contributed by atoms with Gasteiger partial charge in [0.2, 0.25) is 5.91 Å². The van der Waals surface area contributed by atoms with E-state index in [2.05, 4.69) is 14.8 Å². The number of piperazine rings is 1. The number of carbonyl (C=O) groups is 1. The number of halogens is 1. The molecule has 0 spiro atoms. The molecule has 1 aromatic rings. The molecule has 2 saturated heterocycles. The Morgan fingerprint density at radius 2 is 2.00 bits per heavy atom. The lowest BCUT2D eigenvalue weighted by molar-refractivity contribution is -0.142. The third-order valence-corrected chi connectivity index (χ3v) is 4.95. The second-order valence-electron chi connectivity index (χ2n) is 6.37. The maximum Gasteiger partial charge on any atom is 0.229 e. The van der Waals surface area contributed by atoms with Gasteiger partial charge in [-0.15, -0.1) is 0 Å². The molecule has 3 heterocycles. The average molecular weight is 339 g/mol. The number of hydrogen-bond acceptors (Lipinski definition) is 5. The lowest BCUT2D eigenvalue weighted by atomic mass is 9.93. The fourth-order valence-corrected chi connectivity index (χ4v) is 3.40. The fraction of sp³-hybridized carbons (Fsp3) is 0.625. The van der Waals surface area contributed by atoms with Crippen molar-refractivity contribution in [2.45, 2.75) is 12.5 Å². The first-order chi connectivity index (χ1) is 11.0. The van der Waals surface area contributed by atoms with Gasteiger partial charge in [-0.2, -0.15) is 0 Å². The van der Waals surface area contributed by atoms with Crippen LogP contribution in [0.15, 0.2) is 18.3 Å². The third-order valence-electron chi connectivity index (χ3n) is 4.72. The molecule has 1 aromatic heterocycles. The van der Waals surface area contributed by atoms with Gasteiger partial charge in [0, 0.05) is 45.5 Å². The van der Waals surface area contributed by atoms with E-state index in [1.54, 1.807) is 6.20 Å². The monoisotopic (exact) mass is 338 g/mol. The van der Waals surface area contributed by atoms with Crippen molar-refractivity contribution in [1.82, 2.24) is 14.8 Å². The Kier molecular flexibility index (Phi) is 5.04. The number of likely N-dealkylation sites (tertiary alicyclic amines) is 1. The number of anilines is 1. The summed E-state index contributed by atoms with van der Waals surface area (Å²) in [7, 11) is 2.00. The normalized spacial score (nSPS) is 26.4. The molecule has 1 N–H and O–H groups in total. The Balaban J connectivity index is 1.57. The molecular weight excluding hydrogens is 316 g/mol. The topological polar surface area (TPSA) is 59.9 Å². The minimum atomic E-state index is -0.519. The molecular formula is C16H23ClN4O2. The maximum atomic E-state index is 12.7. The molecule has 6 nitrogen and oxygen atoms in total. The van der Waals surface area contributed by atoms with Gasteiger partial charge >= 0.3 is 0 Å². The van der Waals surface area contributed by atoms with Crippen molar-refractivity contribution in [3.05, 3.63) is 23.4 Å². The van der Waals surface area contributed by atoms with Crippen molar-refractivity contribution < 1.29 is 9.90 Å². The Hall–Kier alpha value is -1.37. The van der Waals surface area contributed by atoms with Gasteiger partial charge in [0.05, 0.1) is 17.0 Å². The zero-order valence-corrected chi connectivity index (χ0v) is 14.1. The number of hydrogen-bond donors (Lipinski definition) is 1. The summed E-state index contributed by atoms with van der Waals surface area (Å²) in [5.74, 6) is 0.667. The molecule has 23 heavy (non-hydrogen) atoms. The second kappa shape index (κ2) is 7.03. The molecule has 126 valence electrons. The molecule has 0 bridgehead atoms. The van der Waals surface area contributed by atoms with Gasteiger partial charge in [-0.1, -0.05) is 11.6 Å². The molecule has 0 radical (unpaired) electrons. The van der Waals surface area contributed by atoms with Crippen LogP contribution in [0.5, 0.6) is 0 Å². The van der Waals surface area contributed by atoms with Crippen LogP contribution in [0, 0.1) is 5.92 Å². The van der Waals surface area contributed by atoms with Gasteiger partial charge in [-0.3, -0.25) is 4.79 Å². The highest BCUT2D eigenvalue weighted by Gasteiger charge is 2.35. The molecule has 2 atom stereocenters. The SMILES string of the molecule is CN1CC[C@@H](O)[C@H](C(=O)N2CCN(c3ccc(Cl)cn3)CC2)C1. The van der Waals surface area contributed by atoms with Crippen molar-refractivity contribution in [3.8, 4) is 0 Å². The highest BCUT2D eigenvalue weighted by atomic mass is 35.5. The van der Waals surface area contributed by atoms with Gasteiger partial charge < -0.3 is 19.8 Å². The average Bonchev–Trinajstić information content (AvgIpc) is 2.57. The van der Waals surface area contributed by atoms with Crippen LogP contribution < -0.4 is 4.90 Å². The van der Waals surface area contributed by atoms with Crippen LogP contribution in [-0.2, 0) is 4.79 Å². The van der Waals surface area contributed by atoms with E-state index in [-0.39, 0.29) is 11.8 Å². The van der Waals surface area contributed by atoms with Crippen molar-refractivity contribution >= 4 is 23.3 Å². The van der Waals surface area contributed by atoms with Crippen LogP contribution in [0.2, 0.25) is 5.02 Å². The summed E-state index contributed by atoms with van der Waals surface area (Å²) in [4.78, 5) is 23.2. The standard InChI is InChI=1S/C16H23ClN4O2/c1-19-5-4-14(22)13(11-19)16(23)21-8-6-20(7-9-21)15-3-2-12(17)10-18-15/h2-3,10,13-14,22H,4-9,11H2,1H3/t13-,14-/m1/s1. The van der Waals surface area contributed by atoms with Crippen LogP contribution in [0.1, 0.15) is 6.42 Å². The number of aliphatic hydroxyl groups excluding tert-OH is 1. The number of aromatic nitrogens is 1. The van der Waals surface area contributed by atoms with Gasteiger partial charge in [0.15, 0.2) is 0 Å². The summed E-state index contributed by atoms with van der Waals surface area (Å²) >= 11 is 5.87. The van der Waals surface area contributed by atoms with Crippen LogP contribution >= 0.6 is 11.6 Å². The van der Waals surface area contributed by atoms with E-state index < -0.39 is 6.10 Å². The van der Waals surface area contributed by atoms with E-state index in [4.69, 9.17) is 11.6 Å². The Morgan fingerprint density at radius 1 is 1.26 bits per heavy atom. The highest BCUT2D eigenvalue weighted by Crippen LogP contribution is 2.21. The number of carbonyl (C=O) groups excluding carboxylic acids is 1. The van der Waals surface area contributed by atoms with E-state index in [0.717, 1.165) is 25.5 Å². The highest BCUT2D eigenvalue weighted by molar-refractivity contribution is 6.30. The minimum absolute atomic E-state index is 0.0766. The molecule has 2 aliphatic rings. The van der Waals surface area contributed by atoms with Gasteiger partial charge in [-0.05, 0) is 25.6 Å². The van der Waals surface area contributed by atoms with E-state index in [0.29, 0.717) is 31.1 Å². The van der Waals surface area contributed by atoms with Gasteiger partial charge in [0.25, 0.3) is 0 Å². The van der Waals surface area contributed by atoms with Crippen molar-refractivity contribution in [1.29, 1.82) is 0 Å². The van der Waals surface area contributed by atoms with E-state index >= 15 is 0 Å². The lowest BCUT2D eigenvalue weighted by Crippen LogP contribution is -2.55. The summed E-state index contributed by atoms with van der Waals surface area (Å²) in [6, 6.07) is 3.73. The first-order valence-electron chi connectivity index (χ1n) is 8.06. The largest absolute Gasteiger partial charge is 0.392 e. The van der Waals surface area contributed by atoms with Crippen LogP contribution in [0.4, 0.5) is 5.82 Å². The molecule has 0 aromatic carbocycles. The summed E-state index contributed by atoms with van der Waals surface area (Å²) in [6.45, 7) is 4.31. The maximum absolute atomic E-state index is 12.7. The summed E-state index contributed by atoms with van der Waals surface area (Å²) in [6.07, 6.45) is 1.79. The predicted octanol–water partition coefficient (Wildman–Crippen LogP) is 0.696. The number of amides is 1. The first kappa shape index (κ1) is 16.5. The number of pyridine rings is 1. The second-order valence-corrected chi connectivity index (χ2v) is 6.81. The summed E-state index contributed by atoms with van der Waals surface area (Å²) in [5, 5.41) is 10.8. The third kappa shape index (κ3) is 3.76. The summed E-state index contributed by atoms with van der Waals surface area (Å²) < 4.78 is 0. The van der Waals surface area contributed by atoms with Crippen LogP contribution in [0.25, 0.3) is 0 Å². The van der Waals surface area contributed by atoms with Gasteiger partial charge in [-0.25, -0.2) is 4.98 Å². The molecule has 0 aliphatic carbocycles. The smallest absolute Gasteiger partial charge is 0.229 e. The lowest BCUT2D eigenvalue weighted by Gasteiger charge is -2.40. The molecule has 2 aliphatic heterocycles. The van der Waals surface area contributed by atoms with Gasteiger partial charge in [0.1, 0.15) is 5.82 Å². The summed E-state index contributed by atoms with van der Waals surface area (Å²) in [5.41, 5.74) is 0. The van der Waals surface area contributed by atoms with Crippen molar-refractivity contribution in [2.75, 3.05) is 51.2 Å². The van der Waals surface area contributed by atoms with Crippen molar-refractivity contribution in [3.63, 3.8) is 0 Å². The Morgan fingerprint density at radius 3 is 2.65 bits per heavy atom. The minimum Gasteiger partial charge on any atom is -0.392 e. The number of rotatable bonds is 2. The van der Waals surface area contributed by atoms with Crippen LogP contribution in [0.3, 0.4) is 0 Å². The zero-order chi connectivity index (χ0) is 16.4. The first-order valence-corrected chi connectivity index (χ1v) is 8.44. The van der Waals surface area contributed by atoms with Crippen molar-refractivity contribution in [2.24, 2.45) is 5.92 Å². The number of aliphatic hydroxyl groups is 1. The predicted molar refractivity (Wildman–Crippen MR) is 89.7 cm³/mol. The van der Waals surface area contributed by atoms with E-state index in [1.807, 2.05) is 24.1 Å². The quantitative estimate of drug-likeness (QED) is 0.860. The molecule has 0 saturated carbocycles. The molecule has 3 rings (SSSR count). The molecule has 0 unspecified atom stereocenters. The molecule has 7 heteroatoms. The Labute approximate surface area is 141 Å². The fourth-order valence-electron chi connectivity index (χ4n) is 3.29. The van der Waals surface area contributed by atoms with E-state index in [1.165, 1.54) is 0 Å². The van der Waals surface area contributed by atoms with Crippen LogP contribution in [-0.4, -0.2) is 78.2 Å². The number of nitrogens with zero attached hydrogens (tertiary/aromatic N) is 4. The zero-order valence-electron chi connectivity index (χ0n) is 13.4.